The number of fused-ring (bicyclic) bond motifs is 1. The van der Waals surface area contributed by atoms with Crippen LogP contribution in [0.15, 0.2) is 55.1 Å². The molecule has 0 radical (unpaired) electrons. The number of urea groups is 1. The monoisotopic (exact) mass is 541 g/mol. The van der Waals surface area contributed by atoms with Crippen LogP contribution in [0.1, 0.15) is 15.9 Å². The molecule has 0 aliphatic heterocycles. The maximum absolute atomic E-state index is 13.5. The van der Waals surface area contributed by atoms with Crippen molar-refractivity contribution in [2.24, 2.45) is 0 Å². The van der Waals surface area contributed by atoms with E-state index in [1.54, 1.807) is 56.3 Å². The van der Waals surface area contributed by atoms with Crippen LogP contribution in [0.5, 0.6) is 0 Å². The first-order valence-corrected chi connectivity index (χ1v) is 11.7. The predicted molar refractivity (Wildman–Crippen MR) is 141 cm³/mol. The van der Waals surface area contributed by atoms with Gasteiger partial charge in [0.2, 0.25) is 0 Å². The van der Waals surface area contributed by atoms with Crippen molar-refractivity contribution < 1.29 is 22.8 Å². The lowest BCUT2D eigenvalue weighted by Crippen LogP contribution is -2.31. The van der Waals surface area contributed by atoms with Crippen molar-refractivity contribution in [1.82, 2.24) is 29.7 Å². The SMILES string of the molecule is CNc1ncnc2c1ncn2-c1ccc(NC(=O)Nc2cc(C(=O)NCCN(C)C)cc(C(F)(F)F)c2)cc1. The predicted octanol–water partition coefficient (Wildman–Crippen LogP) is 3.81. The summed E-state index contributed by atoms with van der Waals surface area (Å²) in [5.41, 5.74) is 0.821. The van der Waals surface area contributed by atoms with Crippen molar-refractivity contribution in [1.29, 1.82) is 0 Å². The van der Waals surface area contributed by atoms with Gasteiger partial charge in [-0.05, 0) is 56.6 Å². The maximum atomic E-state index is 13.5. The van der Waals surface area contributed by atoms with E-state index in [9.17, 15) is 22.8 Å². The average Bonchev–Trinajstić information content (AvgIpc) is 3.32. The lowest BCUT2D eigenvalue weighted by atomic mass is 10.1. The minimum atomic E-state index is -4.71. The Kier molecular flexibility index (Phi) is 7.95. The molecule has 2 aromatic heterocycles. The highest BCUT2D eigenvalue weighted by molar-refractivity contribution is 6.01. The van der Waals surface area contributed by atoms with Crippen molar-refractivity contribution >= 4 is 40.3 Å². The maximum Gasteiger partial charge on any atom is 0.416 e. The van der Waals surface area contributed by atoms with E-state index in [0.717, 1.165) is 12.1 Å². The molecule has 204 valence electrons. The second kappa shape index (κ2) is 11.3. The number of carbonyl (C=O) groups is 2. The highest BCUT2D eigenvalue weighted by Gasteiger charge is 2.32. The van der Waals surface area contributed by atoms with Gasteiger partial charge in [0.15, 0.2) is 17.0 Å². The van der Waals surface area contributed by atoms with Gasteiger partial charge in [-0.2, -0.15) is 13.2 Å². The molecule has 0 aliphatic rings. The van der Waals surface area contributed by atoms with Crippen molar-refractivity contribution in [3.05, 3.63) is 66.2 Å². The third-order valence-corrected chi connectivity index (χ3v) is 5.60. The van der Waals surface area contributed by atoms with E-state index >= 15 is 0 Å². The zero-order valence-electron chi connectivity index (χ0n) is 21.3. The van der Waals surface area contributed by atoms with Crippen molar-refractivity contribution in [3.63, 3.8) is 0 Å². The molecule has 39 heavy (non-hydrogen) atoms. The summed E-state index contributed by atoms with van der Waals surface area (Å²) in [7, 11) is 5.34. The summed E-state index contributed by atoms with van der Waals surface area (Å²) >= 11 is 0. The van der Waals surface area contributed by atoms with Crippen LogP contribution in [0.3, 0.4) is 0 Å². The summed E-state index contributed by atoms with van der Waals surface area (Å²) in [5, 5.41) is 10.5. The number of halogens is 3. The quantitative estimate of drug-likeness (QED) is 0.267. The Hall–Kier alpha value is -4.72. The summed E-state index contributed by atoms with van der Waals surface area (Å²) in [6.07, 6.45) is -1.70. The fraction of sp³-hybridized carbons (Fsp3) is 0.240. The number of rotatable bonds is 8. The largest absolute Gasteiger partial charge is 0.416 e. The number of aromatic nitrogens is 4. The van der Waals surface area contributed by atoms with Crippen LogP contribution in [-0.2, 0) is 6.18 Å². The van der Waals surface area contributed by atoms with Gasteiger partial charge in [0.1, 0.15) is 12.7 Å². The molecule has 0 fully saturated rings. The Morgan fingerprint density at radius 3 is 2.36 bits per heavy atom. The Bertz CT molecular complexity index is 1480. The number of hydrogen-bond acceptors (Lipinski definition) is 7. The third kappa shape index (κ3) is 6.59. The van der Waals surface area contributed by atoms with Crippen molar-refractivity contribution in [3.8, 4) is 5.69 Å². The molecule has 14 heteroatoms. The zero-order chi connectivity index (χ0) is 28.2. The highest BCUT2D eigenvalue weighted by atomic mass is 19.4. The second-order valence-electron chi connectivity index (χ2n) is 8.74. The van der Waals surface area contributed by atoms with Gasteiger partial charge in [-0.3, -0.25) is 9.36 Å². The van der Waals surface area contributed by atoms with E-state index in [1.165, 1.54) is 12.4 Å². The van der Waals surface area contributed by atoms with Gasteiger partial charge in [-0.15, -0.1) is 0 Å². The van der Waals surface area contributed by atoms with Crippen LogP contribution >= 0.6 is 0 Å². The molecule has 0 saturated heterocycles. The third-order valence-electron chi connectivity index (χ3n) is 5.60. The van der Waals surface area contributed by atoms with Gasteiger partial charge in [0.05, 0.1) is 5.56 Å². The lowest BCUT2D eigenvalue weighted by Gasteiger charge is -2.15. The van der Waals surface area contributed by atoms with E-state index < -0.39 is 23.7 Å². The summed E-state index contributed by atoms with van der Waals surface area (Å²) in [6, 6.07) is 8.61. The van der Waals surface area contributed by atoms with E-state index in [-0.39, 0.29) is 17.8 Å². The topological polar surface area (TPSA) is 129 Å². The van der Waals surface area contributed by atoms with Crippen molar-refractivity contribution in [2.75, 3.05) is 50.2 Å². The van der Waals surface area contributed by atoms with Gasteiger partial charge in [0, 0.05) is 42.8 Å². The molecule has 4 rings (SSSR count). The Morgan fingerprint density at radius 1 is 0.974 bits per heavy atom. The molecule has 0 spiro atoms. The first-order chi connectivity index (χ1) is 18.5. The molecule has 0 saturated carbocycles. The number of imidazole rings is 1. The van der Waals surface area contributed by atoms with E-state index in [0.29, 0.717) is 34.9 Å². The Morgan fingerprint density at radius 2 is 1.69 bits per heavy atom. The summed E-state index contributed by atoms with van der Waals surface area (Å²) < 4.78 is 42.1. The van der Waals surface area contributed by atoms with Crippen molar-refractivity contribution in [2.45, 2.75) is 6.18 Å². The number of alkyl halides is 3. The van der Waals surface area contributed by atoms with Gasteiger partial charge < -0.3 is 26.2 Å². The van der Waals surface area contributed by atoms with Gasteiger partial charge in [0.25, 0.3) is 5.91 Å². The fourth-order valence-corrected chi connectivity index (χ4v) is 3.70. The molecule has 2 heterocycles. The first kappa shape index (κ1) is 27.3. The standard InChI is InChI=1S/C25H26F3N9O2/c1-29-21-20-22(32-13-31-21)37(14-33-20)19-6-4-17(5-7-19)34-24(39)35-18-11-15(10-16(12-18)25(26,27)28)23(38)30-8-9-36(2)3/h4-7,10-14H,8-9H2,1-3H3,(H,30,38)(H,29,31,32)(H2,34,35,39). The summed E-state index contributed by atoms with van der Waals surface area (Å²) in [4.78, 5) is 39.6. The molecular formula is C25H26F3N9O2. The summed E-state index contributed by atoms with van der Waals surface area (Å²) in [5.74, 6) is -0.0985. The van der Waals surface area contributed by atoms with Crippen LogP contribution in [0, 0.1) is 0 Å². The van der Waals surface area contributed by atoms with Crippen LogP contribution in [0.2, 0.25) is 0 Å². The minimum Gasteiger partial charge on any atom is -0.371 e. The van der Waals surface area contributed by atoms with E-state index in [2.05, 4.69) is 36.2 Å². The first-order valence-electron chi connectivity index (χ1n) is 11.7. The molecule has 4 N–H and O–H groups in total. The van der Waals surface area contributed by atoms with E-state index in [4.69, 9.17) is 0 Å². The van der Waals surface area contributed by atoms with E-state index in [1.807, 2.05) is 4.90 Å². The van der Waals surface area contributed by atoms with Crippen LogP contribution in [0.25, 0.3) is 16.9 Å². The van der Waals surface area contributed by atoms with Gasteiger partial charge in [-0.25, -0.2) is 19.7 Å². The number of hydrogen-bond donors (Lipinski definition) is 4. The molecule has 2 aromatic carbocycles. The average molecular weight is 542 g/mol. The molecule has 0 unspecified atom stereocenters. The Balaban J connectivity index is 1.48. The smallest absolute Gasteiger partial charge is 0.371 e. The number of likely N-dealkylation sites (N-methyl/N-ethyl adjacent to an activating group) is 1. The second-order valence-corrected chi connectivity index (χ2v) is 8.74. The molecule has 4 aromatic rings. The van der Waals surface area contributed by atoms with Crippen LogP contribution in [-0.4, -0.2) is 70.6 Å². The number of nitrogens with zero attached hydrogens (tertiary/aromatic N) is 5. The normalized spacial score (nSPS) is 11.5. The number of carbonyl (C=O) groups excluding carboxylic acids is 2. The molecule has 0 bridgehead atoms. The van der Waals surface area contributed by atoms with Crippen LogP contribution < -0.4 is 21.3 Å². The zero-order valence-corrected chi connectivity index (χ0v) is 21.3. The summed E-state index contributed by atoms with van der Waals surface area (Å²) in [6.45, 7) is 0.762. The molecule has 3 amide bonds. The fourth-order valence-electron chi connectivity index (χ4n) is 3.70. The molecule has 0 aliphatic carbocycles. The molecular weight excluding hydrogens is 515 g/mol. The number of benzene rings is 2. The molecule has 11 nitrogen and oxygen atoms in total. The van der Waals surface area contributed by atoms with Crippen LogP contribution in [0.4, 0.5) is 35.2 Å². The number of amides is 3. The minimum absolute atomic E-state index is 0.179. The Labute approximate surface area is 221 Å². The molecule has 0 atom stereocenters. The van der Waals surface area contributed by atoms with Gasteiger partial charge in [-0.1, -0.05) is 0 Å². The highest BCUT2D eigenvalue weighted by Crippen LogP contribution is 2.32. The lowest BCUT2D eigenvalue weighted by molar-refractivity contribution is -0.137. The number of nitrogens with one attached hydrogen (secondary N) is 4. The van der Waals surface area contributed by atoms with Gasteiger partial charge >= 0.3 is 12.2 Å². The number of anilines is 3.